The summed E-state index contributed by atoms with van der Waals surface area (Å²) < 4.78 is 33.0. The lowest BCUT2D eigenvalue weighted by Crippen LogP contribution is -2.34. The van der Waals surface area contributed by atoms with Crippen molar-refractivity contribution in [3.05, 3.63) is 72.4 Å². The summed E-state index contributed by atoms with van der Waals surface area (Å²) in [6.45, 7) is 0. The quantitative estimate of drug-likeness (QED) is 0.710. The molecule has 6 nitrogen and oxygen atoms in total. The van der Waals surface area contributed by atoms with Crippen LogP contribution in [0.25, 0.3) is 10.9 Å². The van der Waals surface area contributed by atoms with Crippen LogP contribution in [-0.2, 0) is 19.6 Å². The normalized spacial score (nSPS) is 12.7. The number of rotatable bonds is 5. The van der Waals surface area contributed by atoms with Crippen LogP contribution in [0, 0.1) is 0 Å². The molecule has 0 aliphatic heterocycles. The third kappa shape index (κ3) is 3.52. The molecule has 0 saturated carbocycles. The van der Waals surface area contributed by atoms with Gasteiger partial charge in [-0.2, -0.15) is 4.72 Å². The standard InChI is InChI=1S/C18H16N2O4S/c1-24-18(21)17(14-7-3-2-4-8-14)20-25(22,23)15-11-5-9-13-10-6-12-19-16(13)15/h2-12,17,20H,1H3/t17-/m1/s1. The van der Waals surface area contributed by atoms with Gasteiger partial charge in [-0.3, -0.25) is 4.98 Å². The van der Waals surface area contributed by atoms with E-state index < -0.39 is 22.0 Å². The maximum Gasteiger partial charge on any atom is 0.328 e. The molecule has 3 rings (SSSR count). The number of hydrogen-bond donors (Lipinski definition) is 1. The van der Waals surface area contributed by atoms with Crippen LogP contribution in [0.2, 0.25) is 0 Å². The Morgan fingerprint density at radius 2 is 1.76 bits per heavy atom. The number of para-hydroxylation sites is 1. The van der Waals surface area contributed by atoms with Crippen LogP contribution in [0.15, 0.2) is 71.8 Å². The minimum atomic E-state index is -4.00. The number of benzene rings is 2. The van der Waals surface area contributed by atoms with Crippen LogP contribution in [0.1, 0.15) is 11.6 Å². The number of esters is 1. The molecule has 0 unspecified atom stereocenters. The summed E-state index contributed by atoms with van der Waals surface area (Å²) >= 11 is 0. The minimum absolute atomic E-state index is 0.00966. The van der Waals surface area contributed by atoms with Crippen LogP contribution in [0.4, 0.5) is 0 Å². The molecule has 0 fully saturated rings. The number of fused-ring (bicyclic) bond motifs is 1. The second kappa shape index (κ2) is 7.00. The van der Waals surface area contributed by atoms with Gasteiger partial charge in [-0.05, 0) is 17.7 Å². The van der Waals surface area contributed by atoms with Crippen molar-refractivity contribution in [2.45, 2.75) is 10.9 Å². The SMILES string of the molecule is COC(=O)[C@H](NS(=O)(=O)c1cccc2cccnc12)c1ccccc1. The Balaban J connectivity index is 2.05. The van der Waals surface area contributed by atoms with Gasteiger partial charge in [-0.1, -0.05) is 48.5 Å². The van der Waals surface area contributed by atoms with E-state index in [1.54, 1.807) is 54.6 Å². The lowest BCUT2D eigenvalue weighted by molar-refractivity contribution is -0.142. The van der Waals surface area contributed by atoms with Crippen molar-refractivity contribution in [2.75, 3.05) is 7.11 Å². The van der Waals surface area contributed by atoms with Crippen LogP contribution in [-0.4, -0.2) is 26.5 Å². The summed E-state index contributed by atoms with van der Waals surface area (Å²) in [5, 5.41) is 0.694. The Bertz CT molecular complexity index is 999. The van der Waals surface area contributed by atoms with Crippen molar-refractivity contribution in [3.8, 4) is 0 Å². The van der Waals surface area contributed by atoms with Crippen molar-refractivity contribution < 1.29 is 17.9 Å². The molecule has 0 amide bonds. The molecule has 0 bridgehead atoms. The molecule has 0 aliphatic rings. The van der Waals surface area contributed by atoms with Crippen molar-refractivity contribution in [3.63, 3.8) is 0 Å². The topological polar surface area (TPSA) is 85.4 Å². The fraction of sp³-hybridized carbons (Fsp3) is 0.111. The lowest BCUT2D eigenvalue weighted by Gasteiger charge is -2.17. The molecule has 3 aromatic rings. The Morgan fingerprint density at radius 3 is 2.48 bits per heavy atom. The molecule has 0 radical (unpaired) electrons. The van der Waals surface area contributed by atoms with E-state index in [9.17, 15) is 13.2 Å². The Morgan fingerprint density at radius 1 is 1.04 bits per heavy atom. The monoisotopic (exact) mass is 356 g/mol. The molecule has 1 N–H and O–H groups in total. The molecule has 128 valence electrons. The third-order valence-corrected chi connectivity index (χ3v) is 5.18. The minimum Gasteiger partial charge on any atom is -0.468 e. The van der Waals surface area contributed by atoms with Crippen molar-refractivity contribution in [1.82, 2.24) is 9.71 Å². The van der Waals surface area contributed by atoms with Gasteiger partial charge in [-0.25, -0.2) is 13.2 Å². The summed E-state index contributed by atoms with van der Waals surface area (Å²) in [6.07, 6.45) is 1.52. The summed E-state index contributed by atoms with van der Waals surface area (Å²) in [5.41, 5.74) is 0.834. The third-order valence-electron chi connectivity index (χ3n) is 3.73. The van der Waals surface area contributed by atoms with Gasteiger partial charge in [0.1, 0.15) is 10.9 Å². The summed E-state index contributed by atoms with van der Waals surface area (Å²) in [6, 6.07) is 15.8. The van der Waals surface area contributed by atoms with E-state index >= 15 is 0 Å². The maximum atomic E-state index is 12.9. The van der Waals surface area contributed by atoms with Crippen molar-refractivity contribution in [2.24, 2.45) is 0 Å². The predicted octanol–water partition coefficient (Wildman–Crippen LogP) is 2.43. The van der Waals surface area contributed by atoms with Crippen molar-refractivity contribution in [1.29, 1.82) is 0 Å². The van der Waals surface area contributed by atoms with Gasteiger partial charge in [0.05, 0.1) is 12.6 Å². The molecule has 1 aromatic heterocycles. The number of methoxy groups -OCH3 is 1. The Kier molecular flexibility index (Phi) is 4.78. The molecular formula is C18H16N2O4S. The van der Waals surface area contributed by atoms with E-state index in [2.05, 4.69) is 9.71 Å². The summed E-state index contributed by atoms with van der Waals surface area (Å²) in [7, 11) is -2.79. The highest BCUT2D eigenvalue weighted by Crippen LogP contribution is 2.23. The highest BCUT2D eigenvalue weighted by molar-refractivity contribution is 7.89. The predicted molar refractivity (Wildman–Crippen MR) is 93.3 cm³/mol. The van der Waals surface area contributed by atoms with E-state index in [0.29, 0.717) is 16.5 Å². The number of carbonyl (C=O) groups is 1. The molecule has 0 spiro atoms. The van der Waals surface area contributed by atoms with Gasteiger partial charge in [0.25, 0.3) is 0 Å². The lowest BCUT2D eigenvalue weighted by atomic mass is 10.1. The molecule has 7 heteroatoms. The zero-order valence-electron chi connectivity index (χ0n) is 13.4. The second-order valence-corrected chi connectivity index (χ2v) is 7.00. The van der Waals surface area contributed by atoms with Crippen LogP contribution in [0.3, 0.4) is 0 Å². The van der Waals surface area contributed by atoms with Gasteiger partial charge in [0.2, 0.25) is 10.0 Å². The molecule has 0 aliphatic carbocycles. The molecular weight excluding hydrogens is 340 g/mol. The van der Waals surface area contributed by atoms with Gasteiger partial charge in [-0.15, -0.1) is 0 Å². The molecule has 0 saturated heterocycles. The smallest absolute Gasteiger partial charge is 0.328 e. The fourth-order valence-electron chi connectivity index (χ4n) is 2.53. The van der Waals surface area contributed by atoms with E-state index in [-0.39, 0.29) is 4.90 Å². The first-order chi connectivity index (χ1) is 12.0. The second-order valence-electron chi connectivity index (χ2n) is 5.32. The first kappa shape index (κ1) is 17.1. The number of ether oxygens (including phenoxy) is 1. The fourth-order valence-corrected chi connectivity index (χ4v) is 3.88. The zero-order chi connectivity index (χ0) is 17.9. The van der Waals surface area contributed by atoms with E-state index in [1.807, 2.05) is 0 Å². The number of aromatic nitrogens is 1. The summed E-state index contributed by atoms with van der Waals surface area (Å²) in [4.78, 5) is 16.3. The number of carbonyl (C=O) groups excluding carboxylic acids is 1. The van der Waals surface area contributed by atoms with Crippen LogP contribution >= 0.6 is 0 Å². The largest absolute Gasteiger partial charge is 0.468 e. The van der Waals surface area contributed by atoms with Gasteiger partial charge < -0.3 is 4.74 Å². The number of hydrogen-bond acceptors (Lipinski definition) is 5. The Labute approximate surface area is 145 Å². The van der Waals surface area contributed by atoms with Gasteiger partial charge >= 0.3 is 5.97 Å². The Hall–Kier alpha value is -2.77. The average Bonchev–Trinajstić information content (AvgIpc) is 2.65. The van der Waals surface area contributed by atoms with Crippen molar-refractivity contribution >= 4 is 26.9 Å². The molecule has 25 heavy (non-hydrogen) atoms. The number of nitrogens with zero attached hydrogens (tertiary/aromatic N) is 1. The molecule has 1 atom stereocenters. The van der Waals surface area contributed by atoms with Gasteiger partial charge in [0, 0.05) is 11.6 Å². The van der Waals surface area contributed by atoms with Crippen LogP contribution < -0.4 is 4.72 Å². The highest BCUT2D eigenvalue weighted by atomic mass is 32.2. The molecule has 1 heterocycles. The highest BCUT2D eigenvalue weighted by Gasteiger charge is 2.29. The first-order valence-corrected chi connectivity index (χ1v) is 9.00. The van der Waals surface area contributed by atoms with E-state index in [4.69, 9.17) is 4.74 Å². The summed E-state index contributed by atoms with van der Waals surface area (Å²) in [5.74, 6) is -0.692. The zero-order valence-corrected chi connectivity index (χ0v) is 14.2. The average molecular weight is 356 g/mol. The van der Waals surface area contributed by atoms with Gasteiger partial charge in [0.15, 0.2) is 0 Å². The maximum absolute atomic E-state index is 12.9. The first-order valence-electron chi connectivity index (χ1n) is 7.52. The number of nitrogens with one attached hydrogen (secondary N) is 1. The number of pyridine rings is 1. The molecule has 2 aromatic carbocycles. The van der Waals surface area contributed by atoms with Crippen LogP contribution in [0.5, 0.6) is 0 Å². The number of sulfonamides is 1. The van der Waals surface area contributed by atoms with E-state index in [0.717, 1.165) is 0 Å². The van der Waals surface area contributed by atoms with E-state index in [1.165, 1.54) is 19.4 Å².